The molecule has 1 heterocycles. The summed E-state index contributed by atoms with van der Waals surface area (Å²) >= 11 is 5.74. The van der Waals surface area contributed by atoms with Gasteiger partial charge in [-0.1, -0.05) is 18.5 Å². The molecule has 0 saturated heterocycles. The minimum absolute atomic E-state index is 0.0792. The van der Waals surface area contributed by atoms with Crippen LogP contribution in [-0.4, -0.2) is 21.9 Å². The van der Waals surface area contributed by atoms with Crippen LogP contribution in [0.3, 0.4) is 0 Å². The third-order valence-electron chi connectivity index (χ3n) is 3.72. The summed E-state index contributed by atoms with van der Waals surface area (Å²) in [6, 6.07) is 1.17. The molecule has 0 aliphatic heterocycles. The van der Waals surface area contributed by atoms with Gasteiger partial charge >= 0.3 is 0 Å². The molecule has 0 radical (unpaired) electrons. The van der Waals surface area contributed by atoms with Crippen LogP contribution in [0, 0.1) is 11.2 Å². The van der Waals surface area contributed by atoms with E-state index in [2.05, 4.69) is 10.2 Å². The zero-order chi connectivity index (χ0) is 14.7. The van der Waals surface area contributed by atoms with Gasteiger partial charge in [0.05, 0.1) is 22.1 Å². The van der Waals surface area contributed by atoms with E-state index in [1.165, 1.54) is 19.2 Å². The van der Waals surface area contributed by atoms with Crippen LogP contribution in [0.4, 0.5) is 13.2 Å². The van der Waals surface area contributed by atoms with Crippen LogP contribution in [0.1, 0.15) is 30.1 Å². The number of nitrogens with one attached hydrogen (secondary N) is 1. The molecule has 106 valence electrons. The fourth-order valence-electron chi connectivity index (χ4n) is 2.80. The first-order valence-electron chi connectivity index (χ1n) is 5.97. The zero-order valence-corrected chi connectivity index (χ0v) is 11.2. The number of Topliss-reactive ketones (excluding diaryl/α,β-unsaturated/α-hetero) is 1. The number of nitrogens with zero attached hydrogens (tertiary/aromatic N) is 1. The summed E-state index contributed by atoms with van der Waals surface area (Å²) in [7, 11) is 0. The third kappa shape index (κ3) is 1.82. The van der Waals surface area contributed by atoms with Crippen molar-refractivity contribution in [3.63, 3.8) is 0 Å². The first-order valence-corrected chi connectivity index (χ1v) is 6.35. The van der Waals surface area contributed by atoms with Crippen LogP contribution >= 0.6 is 11.6 Å². The van der Waals surface area contributed by atoms with Crippen LogP contribution in [0.15, 0.2) is 12.3 Å². The van der Waals surface area contributed by atoms with Gasteiger partial charge in [-0.3, -0.25) is 9.89 Å². The minimum atomic E-state index is -2.82. The molecule has 1 fully saturated rings. The highest BCUT2D eigenvalue weighted by Gasteiger charge is 2.57. The van der Waals surface area contributed by atoms with Crippen molar-refractivity contribution in [3.8, 4) is 0 Å². The van der Waals surface area contributed by atoms with Gasteiger partial charge in [0, 0.05) is 23.8 Å². The van der Waals surface area contributed by atoms with Gasteiger partial charge in [-0.25, -0.2) is 13.2 Å². The summed E-state index contributed by atoms with van der Waals surface area (Å²) in [6.45, 7) is 1.48. The van der Waals surface area contributed by atoms with E-state index in [1.807, 2.05) is 0 Å². The molecular formula is C13H10ClF3N2O. The maximum atomic E-state index is 13.8. The SMILES string of the molecule is CC1(C(=O)c2cc(Cl)c(F)c3cn[nH]c23)CC(F)(F)C1. The number of hydrogen-bond donors (Lipinski definition) is 1. The van der Waals surface area contributed by atoms with E-state index in [4.69, 9.17) is 11.6 Å². The Morgan fingerprint density at radius 3 is 2.70 bits per heavy atom. The summed E-state index contributed by atoms with van der Waals surface area (Å²) in [5, 5.41) is 6.05. The number of H-pyrrole nitrogens is 1. The molecule has 0 unspecified atom stereocenters. The number of fused-ring (bicyclic) bond motifs is 1. The van der Waals surface area contributed by atoms with Gasteiger partial charge in [-0.2, -0.15) is 5.10 Å². The number of alkyl halides is 2. The Morgan fingerprint density at radius 2 is 2.10 bits per heavy atom. The van der Waals surface area contributed by atoms with Crippen molar-refractivity contribution in [1.29, 1.82) is 0 Å². The lowest BCUT2D eigenvalue weighted by Crippen LogP contribution is -2.49. The highest BCUT2D eigenvalue weighted by molar-refractivity contribution is 6.32. The van der Waals surface area contributed by atoms with Crippen LogP contribution in [-0.2, 0) is 0 Å². The van der Waals surface area contributed by atoms with E-state index in [0.717, 1.165) is 0 Å². The normalized spacial score (nSPS) is 19.9. The van der Waals surface area contributed by atoms with Gasteiger partial charge in [0.1, 0.15) is 0 Å². The monoisotopic (exact) mass is 302 g/mol. The second-order valence-electron chi connectivity index (χ2n) is 5.48. The van der Waals surface area contributed by atoms with Crippen LogP contribution in [0.5, 0.6) is 0 Å². The molecule has 0 bridgehead atoms. The first kappa shape index (κ1) is 13.4. The number of halogens is 4. The van der Waals surface area contributed by atoms with Crippen molar-refractivity contribution < 1.29 is 18.0 Å². The molecule has 1 aliphatic carbocycles. The number of hydrogen-bond acceptors (Lipinski definition) is 2. The van der Waals surface area contributed by atoms with Crippen molar-refractivity contribution in [2.45, 2.75) is 25.7 Å². The van der Waals surface area contributed by atoms with Crippen molar-refractivity contribution in [2.24, 2.45) is 5.41 Å². The zero-order valence-electron chi connectivity index (χ0n) is 10.4. The average Bonchev–Trinajstić information content (AvgIpc) is 2.79. The summed E-state index contributed by atoms with van der Waals surface area (Å²) < 4.78 is 39.9. The van der Waals surface area contributed by atoms with E-state index in [-0.39, 0.29) is 21.5 Å². The predicted molar refractivity (Wildman–Crippen MR) is 67.7 cm³/mol. The maximum Gasteiger partial charge on any atom is 0.250 e. The van der Waals surface area contributed by atoms with Gasteiger partial charge in [0.15, 0.2) is 11.6 Å². The quantitative estimate of drug-likeness (QED) is 0.853. The summed E-state index contributed by atoms with van der Waals surface area (Å²) in [5.41, 5.74) is -0.863. The van der Waals surface area contributed by atoms with Crippen LogP contribution in [0.25, 0.3) is 10.9 Å². The molecule has 3 nitrogen and oxygen atoms in total. The highest BCUT2D eigenvalue weighted by Crippen LogP contribution is 2.53. The van der Waals surface area contributed by atoms with Gasteiger partial charge in [-0.05, 0) is 6.07 Å². The Kier molecular flexibility index (Phi) is 2.67. The molecular weight excluding hydrogens is 293 g/mol. The Balaban J connectivity index is 2.09. The molecule has 1 N–H and O–H groups in total. The first-order chi connectivity index (χ1) is 9.23. The number of carbonyl (C=O) groups is 1. The lowest BCUT2D eigenvalue weighted by Gasteiger charge is -2.43. The Bertz CT molecular complexity index is 718. The number of carbonyl (C=O) groups excluding carboxylic acids is 1. The maximum absolute atomic E-state index is 13.8. The van der Waals surface area contributed by atoms with Crippen LogP contribution in [0.2, 0.25) is 5.02 Å². The molecule has 1 aromatic carbocycles. The lowest BCUT2D eigenvalue weighted by atomic mass is 9.63. The second kappa shape index (κ2) is 3.97. The number of rotatable bonds is 2. The lowest BCUT2D eigenvalue weighted by molar-refractivity contribution is -0.135. The molecule has 1 aliphatic rings. The molecule has 0 atom stereocenters. The van der Waals surface area contributed by atoms with Crippen LogP contribution < -0.4 is 0 Å². The Labute approximate surface area is 117 Å². The summed E-state index contributed by atoms with van der Waals surface area (Å²) in [4.78, 5) is 12.4. The molecule has 20 heavy (non-hydrogen) atoms. The minimum Gasteiger partial charge on any atom is -0.293 e. The fraction of sp³-hybridized carbons (Fsp3) is 0.385. The Morgan fingerprint density at radius 1 is 1.45 bits per heavy atom. The topological polar surface area (TPSA) is 45.8 Å². The molecule has 2 aromatic rings. The van der Waals surface area contributed by atoms with Gasteiger partial charge in [0.2, 0.25) is 5.92 Å². The second-order valence-corrected chi connectivity index (χ2v) is 5.89. The van der Waals surface area contributed by atoms with E-state index in [1.54, 1.807) is 0 Å². The van der Waals surface area contributed by atoms with Gasteiger partial charge in [0.25, 0.3) is 0 Å². The number of aromatic amines is 1. The number of aromatic nitrogens is 2. The fourth-order valence-corrected chi connectivity index (χ4v) is 3.01. The molecule has 1 saturated carbocycles. The van der Waals surface area contributed by atoms with E-state index in [0.29, 0.717) is 0 Å². The predicted octanol–water partition coefficient (Wildman–Crippen LogP) is 3.97. The number of benzene rings is 1. The molecule has 3 rings (SSSR count). The largest absolute Gasteiger partial charge is 0.293 e. The molecule has 7 heteroatoms. The van der Waals surface area contributed by atoms with Crippen molar-refractivity contribution in [2.75, 3.05) is 0 Å². The van der Waals surface area contributed by atoms with Crippen molar-refractivity contribution in [3.05, 3.63) is 28.7 Å². The van der Waals surface area contributed by atoms with E-state index < -0.39 is 35.8 Å². The molecule has 1 aromatic heterocycles. The highest BCUT2D eigenvalue weighted by atomic mass is 35.5. The smallest absolute Gasteiger partial charge is 0.250 e. The van der Waals surface area contributed by atoms with Gasteiger partial charge < -0.3 is 0 Å². The van der Waals surface area contributed by atoms with Crippen molar-refractivity contribution >= 4 is 28.3 Å². The standard InChI is InChI=1S/C13H10ClF3N2O/c1-12(4-13(16,17)5-12)11(20)6-2-8(14)9(15)7-3-18-19-10(6)7/h2-3H,4-5H2,1H3,(H,18,19). The van der Waals surface area contributed by atoms with Gasteiger partial charge in [-0.15, -0.1) is 0 Å². The average molecular weight is 303 g/mol. The van der Waals surface area contributed by atoms with E-state index in [9.17, 15) is 18.0 Å². The Hall–Kier alpha value is -1.56. The molecule has 0 amide bonds. The summed E-state index contributed by atoms with van der Waals surface area (Å²) in [6.07, 6.45) is 0.192. The van der Waals surface area contributed by atoms with E-state index >= 15 is 0 Å². The van der Waals surface area contributed by atoms with Crippen molar-refractivity contribution in [1.82, 2.24) is 10.2 Å². The molecule has 0 spiro atoms. The third-order valence-corrected chi connectivity index (χ3v) is 3.99. The number of ketones is 1. The summed E-state index contributed by atoms with van der Waals surface area (Å²) in [5.74, 6) is -3.97.